The van der Waals surface area contributed by atoms with E-state index in [-0.39, 0.29) is 11.8 Å². The van der Waals surface area contributed by atoms with Gasteiger partial charge in [-0.05, 0) is 50.9 Å². The number of piperidine rings is 1. The lowest BCUT2D eigenvalue weighted by molar-refractivity contribution is 0.0556. The van der Waals surface area contributed by atoms with Crippen LogP contribution >= 0.6 is 0 Å². The van der Waals surface area contributed by atoms with Crippen molar-refractivity contribution in [3.63, 3.8) is 0 Å². The number of esters is 1. The first-order valence-corrected chi connectivity index (χ1v) is 7.93. The molecule has 1 saturated heterocycles. The second-order valence-corrected chi connectivity index (χ2v) is 5.97. The van der Waals surface area contributed by atoms with Crippen LogP contribution in [0.2, 0.25) is 0 Å². The summed E-state index contributed by atoms with van der Waals surface area (Å²) < 4.78 is 12.2. The molecule has 3 heterocycles. The van der Waals surface area contributed by atoms with Crippen LogP contribution in [0, 0.1) is 5.92 Å². The average molecular weight is 318 g/mol. The number of hydrogen-bond acceptors (Lipinski definition) is 6. The Kier molecular flexibility index (Phi) is 4.76. The van der Waals surface area contributed by atoms with Crippen molar-refractivity contribution in [1.29, 1.82) is 0 Å². The van der Waals surface area contributed by atoms with Crippen LogP contribution in [-0.4, -0.2) is 46.1 Å². The molecule has 1 aliphatic rings. The van der Waals surface area contributed by atoms with E-state index in [9.17, 15) is 4.79 Å². The number of nitrogens with zero attached hydrogens (tertiary/aromatic N) is 4. The molecule has 0 radical (unpaired) electrons. The fourth-order valence-electron chi connectivity index (χ4n) is 3.09. The Bertz CT molecular complexity index is 630. The van der Waals surface area contributed by atoms with Gasteiger partial charge in [-0.1, -0.05) is 5.21 Å². The van der Waals surface area contributed by atoms with Crippen LogP contribution in [0.1, 0.15) is 42.1 Å². The van der Waals surface area contributed by atoms with Gasteiger partial charge in [0.25, 0.3) is 0 Å². The molecule has 0 N–H and O–H groups in total. The largest absolute Gasteiger partial charge is 0.463 e. The van der Waals surface area contributed by atoms with Crippen molar-refractivity contribution in [2.45, 2.75) is 32.4 Å². The molecule has 7 heteroatoms. The van der Waals surface area contributed by atoms with Gasteiger partial charge in [0.1, 0.15) is 5.76 Å². The van der Waals surface area contributed by atoms with E-state index in [1.807, 2.05) is 16.9 Å². The molecule has 0 amide bonds. The first kappa shape index (κ1) is 15.7. The topological polar surface area (TPSA) is 73.4 Å². The highest BCUT2D eigenvalue weighted by Crippen LogP contribution is 2.28. The monoisotopic (exact) mass is 318 g/mol. The van der Waals surface area contributed by atoms with Crippen LogP contribution in [0.3, 0.4) is 0 Å². The number of carbonyl (C=O) groups is 1. The Hall–Kier alpha value is -2.15. The van der Waals surface area contributed by atoms with Gasteiger partial charge in [0, 0.05) is 12.7 Å². The van der Waals surface area contributed by atoms with Crippen LogP contribution in [-0.2, 0) is 11.3 Å². The first-order valence-electron chi connectivity index (χ1n) is 7.93. The predicted molar refractivity (Wildman–Crippen MR) is 82.8 cm³/mol. The molecule has 1 fully saturated rings. The van der Waals surface area contributed by atoms with E-state index in [0.717, 1.165) is 38.2 Å². The standard InChI is InChI=1S/C16H22N4O3/c1-12(14-3-4-15(23-14)16(21)22-2)19-8-5-13(6-9-19)11-20-10-7-17-18-20/h3-4,7,10,12-13H,5-6,8-9,11H2,1-2H3/t12-/m1/s1. The summed E-state index contributed by atoms with van der Waals surface area (Å²) in [6.07, 6.45) is 5.86. The molecule has 0 aliphatic carbocycles. The van der Waals surface area contributed by atoms with Gasteiger partial charge in [0.05, 0.1) is 19.3 Å². The summed E-state index contributed by atoms with van der Waals surface area (Å²) in [6, 6.07) is 3.69. The fourth-order valence-corrected chi connectivity index (χ4v) is 3.09. The molecular weight excluding hydrogens is 296 g/mol. The molecule has 3 rings (SSSR count). The van der Waals surface area contributed by atoms with Crippen LogP contribution in [0.5, 0.6) is 0 Å². The van der Waals surface area contributed by atoms with Crippen LogP contribution < -0.4 is 0 Å². The van der Waals surface area contributed by atoms with E-state index >= 15 is 0 Å². The van der Waals surface area contributed by atoms with Gasteiger partial charge in [-0.25, -0.2) is 4.79 Å². The summed E-state index contributed by atoms with van der Waals surface area (Å²) >= 11 is 0. The van der Waals surface area contributed by atoms with Gasteiger partial charge in [-0.3, -0.25) is 9.58 Å². The molecule has 1 aliphatic heterocycles. The summed E-state index contributed by atoms with van der Waals surface area (Å²) in [4.78, 5) is 13.9. The van der Waals surface area contributed by atoms with Crippen molar-refractivity contribution in [2.75, 3.05) is 20.2 Å². The number of likely N-dealkylation sites (tertiary alicyclic amines) is 1. The third-order valence-electron chi connectivity index (χ3n) is 4.54. The minimum absolute atomic E-state index is 0.153. The number of carbonyl (C=O) groups excluding carboxylic acids is 1. The third-order valence-corrected chi connectivity index (χ3v) is 4.54. The molecular formula is C16H22N4O3. The number of methoxy groups -OCH3 is 1. The molecule has 0 bridgehead atoms. The number of ether oxygens (including phenoxy) is 1. The highest BCUT2D eigenvalue weighted by atomic mass is 16.5. The zero-order valence-electron chi connectivity index (χ0n) is 13.5. The van der Waals surface area contributed by atoms with Gasteiger partial charge in [-0.2, -0.15) is 0 Å². The highest BCUT2D eigenvalue weighted by molar-refractivity contribution is 5.86. The average Bonchev–Trinajstić information content (AvgIpc) is 3.26. The number of rotatable bonds is 5. The lowest BCUT2D eigenvalue weighted by atomic mass is 9.95. The number of aromatic nitrogens is 3. The zero-order chi connectivity index (χ0) is 16.2. The van der Waals surface area contributed by atoms with Crippen LogP contribution in [0.25, 0.3) is 0 Å². The van der Waals surface area contributed by atoms with E-state index in [2.05, 4.69) is 26.9 Å². The number of hydrogen-bond donors (Lipinski definition) is 0. The zero-order valence-corrected chi connectivity index (χ0v) is 13.5. The van der Waals surface area contributed by atoms with Crippen molar-refractivity contribution >= 4 is 5.97 Å². The predicted octanol–water partition coefficient (Wildman–Crippen LogP) is 2.13. The molecule has 0 aromatic carbocycles. The maximum absolute atomic E-state index is 11.5. The molecule has 124 valence electrons. The Morgan fingerprint density at radius 1 is 1.43 bits per heavy atom. The summed E-state index contributed by atoms with van der Waals surface area (Å²) in [5.41, 5.74) is 0. The molecule has 2 aromatic rings. The van der Waals surface area contributed by atoms with E-state index in [1.54, 1.807) is 12.3 Å². The summed E-state index contributed by atoms with van der Waals surface area (Å²) in [5.74, 6) is 1.26. The molecule has 0 spiro atoms. The van der Waals surface area contributed by atoms with E-state index in [4.69, 9.17) is 4.42 Å². The van der Waals surface area contributed by atoms with E-state index < -0.39 is 5.97 Å². The van der Waals surface area contributed by atoms with Gasteiger partial charge in [-0.15, -0.1) is 5.10 Å². The summed E-state index contributed by atoms with van der Waals surface area (Å²) in [5, 5.41) is 7.88. The van der Waals surface area contributed by atoms with Gasteiger partial charge in [0.15, 0.2) is 0 Å². The van der Waals surface area contributed by atoms with Crippen LogP contribution in [0.15, 0.2) is 28.9 Å². The SMILES string of the molecule is COC(=O)c1ccc([C@@H](C)N2CCC(Cn3ccnn3)CC2)o1. The summed E-state index contributed by atoms with van der Waals surface area (Å²) in [6.45, 7) is 5.05. The minimum atomic E-state index is -0.435. The normalized spacial score (nSPS) is 18.0. The molecule has 2 aromatic heterocycles. The maximum atomic E-state index is 11.5. The van der Waals surface area contributed by atoms with Crippen molar-refractivity contribution in [2.24, 2.45) is 5.92 Å². The van der Waals surface area contributed by atoms with Crippen molar-refractivity contribution < 1.29 is 13.9 Å². The smallest absolute Gasteiger partial charge is 0.373 e. The lowest BCUT2D eigenvalue weighted by Crippen LogP contribution is -2.36. The second-order valence-electron chi connectivity index (χ2n) is 5.97. The van der Waals surface area contributed by atoms with E-state index in [1.165, 1.54) is 7.11 Å². The first-order chi connectivity index (χ1) is 11.2. The molecule has 0 unspecified atom stereocenters. The molecule has 1 atom stereocenters. The van der Waals surface area contributed by atoms with Gasteiger partial charge in [0.2, 0.25) is 5.76 Å². The van der Waals surface area contributed by atoms with Crippen molar-refractivity contribution in [3.05, 3.63) is 36.0 Å². The van der Waals surface area contributed by atoms with Crippen molar-refractivity contribution in [1.82, 2.24) is 19.9 Å². The highest BCUT2D eigenvalue weighted by Gasteiger charge is 2.26. The quantitative estimate of drug-likeness (QED) is 0.786. The molecule has 0 saturated carbocycles. The Labute approximate surface area is 135 Å². The third kappa shape index (κ3) is 3.61. The van der Waals surface area contributed by atoms with Crippen molar-refractivity contribution in [3.8, 4) is 0 Å². The Balaban J connectivity index is 1.54. The van der Waals surface area contributed by atoms with Gasteiger partial charge < -0.3 is 9.15 Å². The molecule has 7 nitrogen and oxygen atoms in total. The van der Waals surface area contributed by atoms with E-state index in [0.29, 0.717) is 5.92 Å². The second kappa shape index (κ2) is 6.95. The number of furan rings is 1. The summed E-state index contributed by atoms with van der Waals surface area (Å²) in [7, 11) is 1.36. The molecule has 23 heavy (non-hydrogen) atoms. The van der Waals surface area contributed by atoms with Gasteiger partial charge >= 0.3 is 5.97 Å². The minimum Gasteiger partial charge on any atom is -0.463 e. The van der Waals surface area contributed by atoms with Crippen LogP contribution in [0.4, 0.5) is 0 Å². The lowest BCUT2D eigenvalue weighted by Gasteiger charge is -2.35. The Morgan fingerprint density at radius 2 is 2.22 bits per heavy atom. The maximum Gasteiger partial charge on any atom is 0.373 e. The fraction of sp³-hybridized carbons (Fsp3) is 0.562. The Morgan fingerprint density at radius 3 is 2.87 bits per heavy atom.